The fourth-order valence-corrected chi connectivity index (χ4v) is 1.35. The monoisotopic (exact) mass is 195 g/mol. The highest BCUT2D eigenvalue weighted by molar-refractivity contribution is 5.93. The maximum atomic E-state index is 11.6. The molecule has 0 saturated carbocycles. The molecular formula is C9H13N3O2. The molecule has 1 aromatic heterocycles. The van der Waals surface area contributed by atoms with Gasteiger partial charge in [-0.3, -0.25) is 10.2 Å². The Morgan fingerprint density at radius 2 is 2.29 bits per heavy atom. The Morgan fingerprint density at radius 1 is 1.50 bits per heavy atom. The molecule has 2 heterocycles. The fourth-order valence-electron chi connectivity index (χ4n) is 1.35. The Labute approximate surface area is 82.0 Å². The molecule has 14 heavy (non-hydrogen) atoms. The highest BCUT2D eigenvalue weighted by Crippen LogP contribution is 1.98. The number of amides is 1. The number of hydrogen-bond donors (Lipinski definition) is 2. The number of nitrogens with one attached hydrogen (secondary N) is 2. The first-order chi connectivity index (χ1) is 6.86. The molecule has 1 fully saturated rings. The third-order valence-electron chi connectivity index (χ3n) is 2.13. The number of carbonyl (C=O) groups excluding carboxylic acids is 1. The summed E-state index contributed by atoms with van der Waals surface area (Å²) < 4.78 is 5.17. The lowest BCUT2D eigenvalue weighted by Gasteiger charge is -2.26. The normalized spacial score (nSPS) is 18.0. The molecular weight excluding hydrogens is 182 g/mol. The van der Waals surface area contributed by atoms with Gasteiger partial charge in [-0.2, -0.15) is 0 Å². The van der Waals surface area contributed by atoms with Crippen LogP contribution in [0.5, 0.6) is 0 Å². The summed E-state index contributed by atoms with van der Waals surface area (Å²) in [5, 5.41) is 1.87. The number of H-pyrrole nitrogens is 1. The zero-order valence-corrected chi connectivity index (χ0v) is 7.82. The Morgan fingerprint density at radius 3 is 2.93 bits per heavy atom. The second kappa shape index (κ2) is 4.26. The molecule has 76 valence electrons. The van der Waals surface area contributed by atoms with Crippen LogP contribution < -0.4 is 5.43 Å². The number of nitrogens with zero attached hydrogens (tertiary/aromatic N) is 1. The van der Waals surface area contributed by atoms with Crippen molar-refractivity contribution in [1.82, 2.24) is 15.4 Å². The molecule has 1 amide bonds. The Kier molecular flexibility index (Phi) is 2.81. The fraction of sp³-hybridized carbons (Fsp3) is 0.444. The SMILES string of the molecule is O=C(NN1CCOCC1)c1cc[nH]c1. The first-order valence-electron chi connectivity index (χ1n) is 4.63. The van der Waals surface area contributed by atoms with Crippen molar-refractivity contribution < 1.29 is 9.53 Å². The number of hydrogen-bond acceptors (Lipinski definition) is 3. The van der Waals surface area contributed by atoms with Gasteiger partial charge in [0.15, 0.2) is 0 Å². The van der Waals surface area contributed by atoms with Crippen molar-refractivity contribution in [2.75, 3.05) is 26.3 Å². The van der Waals surface area contributed by atoms with Crippen LogP contribution in [0.15, 0.2) is 18.5 Å². The molecule has 0 spiro atoms. The Balaban J connectivity index is 1.87. The van der Waals surface area contributed by atoms with E-state index >= 15 is 0 Å². The van der Waals surface area contributed by atoms with Gasteiger partial charge in [0.1, 0.15) is 0 Å². The van der Waals surface area contributed by atoms with Gasteiger partial charge in [0, 0.05) is 25.5 Å². The van der Waals surface area contributed by atoms with E-state index in [9.17, 15) is 4.79 Å². The lowest BCUT2D eigenvalue weighted by atomic mass is 10.3. The summed E-state index contributed by atoms with van der Waals surface area (Å²) in [4.78, 5) is 14.4. The van der Waals surface area contributed by atoms with Crippen molar-refractivity contribution in [3.63, 3.8) is 0 Å². The standard InChI is InChI=1S/C9H13N3O2/c13-9(8-1-2-10-7-8)11-12-3-5-14-6-4-12/h1-2,7,10H,3-6H2,(H,11,13). The van der Waals surface area contributed by atoms with Gasteiger partial charge in [-0.15, -0.1) is 0 Å². The molecule has 1 saturated heterocycles. The van der Waals surface area contributed by atoms with Crippen LogP contribution in [0.4, 0.5) is 0 Å². The van der Waals surface area contributed by atoms with Crippen LogP contribution in [0.3, 0.4) is 0 Å². The van der Waals surface area contributed by atoms with E-state index in [0.717, 1.165) is 13.1 Å². The quantitative estimate of drug-likeness (QED) is 0.698. The van der Waals surface area contributed by atoms with E-state index in [1.165, 1.54) is 0 Å². The van der Waals surface area contributed by atoms with Crippen molar-refractivity contribution in [2.45, 2.75) is 0 Å². The summed E-state index contributed by atoms with van der Waals surface area (Å²) in [6.07, 6.45) is 3.41. The van der Waals surface area contributed by atoms with Crippen LogP contribution in [0.25, 0.3) is 0 Å². The number of aromatic amines is 1. The molecule has 0 aromatic carbocycles. The molecule has 2 rings (SSSR count). The smallest absolute Gasteiger partial charge is 0.267 e. The van der Waals surface area contributed by atoms with E-state index in [4.69, 9.17) is 4.74 Å². The maximum Gasteiger partial charge on any atom is 0.267 e. The summed E-state index contributed by atoms with van der Waals surface area (Å²) in [7, 11) is 0. The van der Waals surface area contributed by atoms with Crippen molar-refractivity contribution in [1.29, 1.82) is 0 Å². The molecule has 0 atom stereocenters. The number of rotatable bonds is 2. The number of ether oxygens (including phenoxy) is 1. The third-order valence-corrected chi connectivity index (χ3v) is 2.13. The molecule has 5 heteroatoms. The highest BCUT2D eigenvalue weighted by atomic mass is 16.5. The number of morpholine rings is 1. The van der Waals surface area contributed by atoms with Crippen LogP contribution in [0.2, 0.25) is 0 Å². The van der Waals surface area contributed by atoms with Crippen molar-refractivity contribution in [3.05, 3.63) is 24.0 Å². The summed E-state index contributed by atoms with van der Waals surface area (Å²) in [6.45, 7) is 2.84. The van der Waals surface area contributed by atoms with Crippen molar-refractivity contribution >= 4 is 5.91 Å². The molecule has 0 bridgehead atoms. The lowest BCUT2D eigenvalue weighted by molar-refractivity contribution is 0.0126. The minimum Gasteiger partial charge on any atom is -0.379 e. The van der Waals surface area contributed by atoms with Gasteiger partial charge >= 0.3 is 0 Å². The second-order valence-electron chi connectivity index (χ2n) is 3.14. The summed E-state index contributed by atoms with van der Waals surface area (Å²) in [5.41, 5.74) is 3.47. The summed E-state index contributed by atoms with van der Waals surface area (Å²) in [6, 6.07) is 1.75. The van der Waals surface area contributed by atoms with Gasteiger partial charge in [0.05, 0.1) is 18.8 Å². The molecule has 0 unspecified atom stereocenters. The van der Waals surface area contributed by atoms with E-state index in [2.05, 4.69) is 10.4 Å². The molecule has 1 aliphatic rings. The van der Waals surface area contributed by atoms with E-state index in [1.807, 2.05) is 5.01 Å². The summed E-state index contributed by atoms with van der Waals surface area (Å²) >= 11 is 0. The Hall–Kier alpha value is -1.33. The zero-order chi connectivity index (χ0) is 9.80. The predicted molar refractivity (Wildman–Crippen MR) is 50.7 cm³/mol. The van der Waals surface area contributed by atoms with Crippen LogP contribution in [0, 0.1) is 0 Å². The average molecular weight is 195 g/mol. The van der Waals surface area contributed by atoms with E-state index in [1.54, 1.807) is 18.5 Å². The van der Waals surface area contributed by atoms with Gasteiger partial charge in [-0.1, -0.05) is 0 Å². The van der Waals surface area contributed by atoms with Gasteiger partial charge in [-0.25, -0.2) is 5.01 Å². The maximum absolute atomic E-state index is 11.6. The van der Waals surface area contributed by atoms with Gasteiger partial charge < -0.3 is 9.72 Å². The number of carbonyl (C=O) groups is 1. The minimum atomic E-state index is -0.0758. The Bertz CT molecular complexity index is 291. The van der Waals surface area contributed by atoms with Crippen molar-refractivity contribution in [2.24, 2.45) is 0 Å². The van der Waals surface area contributed by atoms with Gasteiger partial charge in [0.2, 0.25) is 0 Å². The molecule has 0 aliphatic carbocycles. The van der Waals surface area contributed by atoms with Crippen molar-refractivity contribution in [3.8, 4) is 0 Å². The van der Waals surface area contributed by atoms with Gasteiger partial charge in [-0.05, 0) is 6.07 Å². The minimum absolute atomic E-state index is 0.0758. The van der Waals surface area contributed by atoms with Crippen LogP contribution in [0.1, 0.15) is 10.4 Å². The van der Waals surface area contributed by atoms with E-state index in [-0.39, 0.29) is 5.91 Å². The van der Waals surface area contributed by atoms with Crippen LogP contribution >= 0.6 is 0 Å². The lowest BCUT2D eigenvalue weighted by Crippen LogP contribution is -2.48. The van der Waals surface area contributed by atoms with Crippen LogP contribution in [-0.2, 0) is 4.74 Å². The predicted octanol–water partition coefficient (Wildman–Crippen LogP) is -0.00830. The van der Waals surface area contributed by atoms with E-state index < -0.39 is 0 Å². The van der Waals surface area contributed by atoms with Gasteiger partial charge in [0.25, 0.3) is 5.91 Å². The average Bonchev–Trinajstić information content (AvgIpc) is 2.72. The van der Waals surface area contributed by atoms with Crippen LogP contribution in [-0.4, -0.2) is 42.2 Å². The largest absolute Gasteiger partial charge is 0.379 e. The molecule has 5 nitrogen and oxygen atoms in total. The molecule has 1 aromatic rings. The third kappa shape index (κ3) is 2.12. The molecule has 1 aliphatic heterocycles. The number of hydrazine groups is 1. The molecule has 0 radical (unpaired) electrons. The number of aromatic nitrogens is 1. The first kappa shape index (κ1) is 9.23. The second-order valence-corrected chi connectivity index (χ2v) is 3.14. The van der Waals surface area contributed by atoms with E-state index in [0.29, 0.717) is 18.8 Å². The topological polar surface area (TPSA) is 57.4 Å². The molecule has 2 N–H and O–H groups in total. The zero-order valence-electron chi connectivity index (χ0n) is 7.82. The highest BCUT2D eigenvalue weighted by Gasteiger charge is 2.13. The summed E-state index contributed by atoms with van der Waals surface area (Å²) in [5.74, 6) is -0.0758. The first-order valence-corrected chi connectivity index (χ1v) is 4.63.